The van der Waals surface area contributed by atoms with Crippen molar-refractivity contribution in [3.8, 4) is 16.9 Å². The van der Waals surface area contributed by atoms with Gasteiger partial charge in [-0.05, 0) is 50.1 Å². The Morgan fingerprint density at radius 2 is 1.77 bits per heavy atom. The second kappa shape index (κ2) is 12.6. The quantitative estimate of drug-likeness (QED) is 0.232. The van der Waals surface area contributed by atoms with E-state index < -0.39 is 11.8 Å². The molecular weight excluding hydrogens is 517 g/mol. The van der Waals surface area contributed by atoms with Crippen LogP contribution in [0.1, 0.15) is 30.9 Å². The van der Waals surface area contributed by atoms with Gasteiger partial charge in [0.25, 0.3) is 0 Å². The molecule has 0 saturated carbocycles. The third kappa shape index (κ3) is 7.03. The average molecular weight is 548 g/mol. The largest absolute Gasteiger partial charge is 0.322 e. The Morgan fingerprint density at radius 1 is 1.00 bits per heavy atom. The molecule has 0 bridgehead atoms. The third-order valence-electron chi connectivity index (χ3n) is 6.20. The first-order valence-electron chi connectivity index (χ1n) is 12.8. The van der Waals surface area contributed by atoms with Gasteiger partial charge in [0.15, 0.2) is 0 Å². The van der Waals surface area contributed by atoms with Gasteiger partial charge in [-0.25, -0.2) is 13.9 Å². The fourth-order valence-electron chi connectivity index (χ4n) is 4.18. The molecule has 202 valence electrons. The molecule has 9 heteroatoms. The zero-order chi connectivity index (χ0) is 27.9. The topological polar surface area (TPSA) is 79.3 Å². The average Bonchev–Trinajstić information content (AvgIpc) is 3.32. The highest BCUT2D eigenvalue weighted by molar-refractivity contribution is 6.31. The summed E-state index contributed by atoms with van der Waals surface area (Å²) in [6, 6.07) is 21.0. The summed E-state index contributed by atoms with van der Waals surface area (Å²) in [7, 11) is 0. The smallest absolute Gasteiger partial charge is 0.315 e. The molecule has 2 N–H and O–H groups in total. The molecule has 0 unspecified atom stereocenters. The summed E-state index contributed by atoms with van der Waals surface area (Å²) in [5.41, 5.74) is 4.94. The van der Waals surface area contributed by atoms with Crippen LogP contribution in [0.25, 0.3) is 16.9 Å². The summed E-state index contributed by atoms with van der Waals surface area (Å²) in [4.78, 5) is 27.7. The monoisotopic (exact) mass is 547 g/mol. The number of aryl methyl sites for hydroxylation is 2. The number of benzene rings is 3. The van der Waals surface area contributed by atoms with E-state index in [0.717, 1.165) is 28.8 Å². The fraction of sp³-hybridized carbons (Fsp3) is 0.233. The van der Waals surface area contributed by atoms with Gasteiger partial charge >= 0.3 is 6.03 Å². The van der Waals surface area contributed by atoms with E-state index in [1.807, 2.05) is 69.3 Å². The van der Waals surface area contributed by atoms with Gasteiger partial charge in [0.1, 0.15) is 18.2 Å². The number of nitrogens with zero attached hydrogens (tertiary/aromatic N) is 3. The highest BCUT2D eigenvalue weighted by atomic mass is 35.5. The van der Waals surface area contributed by atoms with E-state index in [4.69, 9.17) is 16.7 Å². The van der Waals surface area contributed by atoms with Gasteiger partial charge in [-0.1, -0.05) is 73.0 Å². The van der Waals surface area contributed by atoms with Crippen LogP contribution < -0.4 is 10.6 Å². The Bertz CT molecular complexity index is 1470. The van der Waals surface area contributed by atoms with Crippen molar-refractivity contribution in [1.29, 1.82) is 0 Å². The SMILES string of the molecule is CCCCN(CC(=O)Nc1cc(-c2ccccc2)nn1-c1ccc(C)cc1C)C(=O)Nc1ccc(F)c(Cl)c1. The van der Waals surface area contributed by atoms with E-state index >= 15 is 0 Å². The second-order valence-corrected chi connectivity index (χ2v) is 9.77. The van der Waals surface area contributed by atoms with Crippen LogP contribution >= 0.6 is 11.6 Å². The van der Waals surface area contributed by atoms with Gasteiger partial charge in [-0.2, -0.15) is 5.10 Å². The second-order valence-electron chi connectivity index (χ2n) is 9.36. The molecule has 4 rings (SSSR count). The summed E-state index contributed by atoms with van der Waals surface area (Å²) in [6.07, 6.45) is 1.55. The first-order chi connectivity index (χ1) is 18.7. The lowest BCUT2D eigenvalue weighted by Gasteiger charge is -2.23. The lowest BCUT2D eigenvalue weighted by Crippen LogP contribution is -2.41. The van der Waals surface area contributed by atoms with E-state index in [9.17, 15) is 14.0 Å². The maximum atomic E-state index is 13.5. The molecule has 39 heavy (non-hydrogen) atoms. The van der Waals surface area contributed by atoms with Crippen molar-refractivity contribution in [3.05, 3.63) is 94.8 Å². The van der Waals surface area contributed by atoms with Crippen molar-refractivity contribution in [2.75, 3.05) is 23.7 Å². The van der Waals surface area contributed by atoms with Crippen LogP contribution in [0.3, 0.4) is 0 Å². The van der Waals surface area contributed by atoms with E-state index in [1.54, 1.807) is 4.68 Å². The molecule has 1 heterocycles. The van der Waals surface area contributed by atoms with Crippen molar-refractivity contribution >= 4 is 35.0 Å². The minimum atomic E-state index is -0.577. The number of urea groups is 1. The van der Waals surface area contributed by atoms with Crippen LogP contribution in [0.5, 0.6) is 0 Å². The van der Waals surface area contributed by atoms with Crippen LogP contribution in [0.15, 0.2) is 72.8 Å². The van der Waals surface area contributed by atoms with E-state index in [-0.39, 0.29) is 17.5 Å². The zero-order valence-corrected chi connectivity index (χ0v) is 22.9. The van der Waals surface area contributed by atoms with Crippen molar-refractivity contribution < 1.29 is 14.0 Å². The molecule has 0 fully saturated rings. The number of hydrogen-bond acceptors (Lipinski definition) is 3. The summed E-state index contributed by atoms with van der Waals surface area (Å²) < 4.78 is 15.2. The van der Waals surface area contributed by atoms with Crippen molar-refractivity contribution in [3.63, 3.8) is 0 Å². The van der Waals surface area contributed by atoms with Crippen LogP contribution in [-0.4, -0.2) is 39.7 Å². The van der Waals surface area contributed by atoms with Crippen molar-refractivity contribution in [1.82, 2.24) is 14.7 Å². The van der Waals surface area contributed by atoms with E-state index in [2.05, 4.69) is 16.7 Å². The van der Waals surface area contributed by atoms with Crippen molar-refractivity contribution in [2.24, 2.45) is 0 Å². The Kier molecular flexibility index (Phi) is 8.99. The first-order valence-corrected chi connectivity index (χ1v) is 13.2. The maximum absolute atomic E-state index is 13.5. The lowest BCUT2D eigenvalue weighted by molar-refractivity contribution is -0.116. The minimum Gasteiger partial charge on any atom is -0.315 e. The molecule has 0 saturated heterocycles. The number of anilines is 2. The number of hydrogen-bond donors (Lipinski definition) is 2. The first kappa shape index (κ1) is 27.9. The summed E-state index contributed by atoms with van der Waals surface area (Å²) >= 11 is 5.85. The summed E-state index contributed by atoms with van der Waals surface area (Å²) in [5, 5.41) is 10.4. The number of carbonyl (C=O) groups excluding carboxylic acids is 2. The number of carbonyl (C=O) groups is 2. The zero-order valence-electron chi connectivity index (χ0n) is 22.2. The fourth-order valence-corrected chi connectivity index (χ4v) is 4.36. The molecule has 3 aromatic carbocycles. The molecule has 3 amide bonds. The molecule has 0 spiro atoms. The Morgan fingerprint density at radius 3 is 2.46 bits per heavy atom. The molecular formula is C30H31ClFN5O2. The molecule has 0 aliphatic heterocycles. The number of halogens is 2. The Labute approximate surface area is 232 Å². The minimum absolute atomic E-state index is 0.0977. The number of amides is 3. The predicted molar refractivity (Wildman–Crippen MR) is 154 cm³/mol. The molecule has 0 radical (unpaired) electrons. The highest BCUT2D eigenvalue weighted by Crippen LogP contribution is 2.27. The molecule has 1 aromatic heterocycles. The van der Waals surface area contributed by atoms with E-state index in [1.165, 1.54) is 23.1 Å². The molecule has 0 atom stereocenters. The number of aromatic nitrogens is 2. The molecule has 0 aliphatic carbocycles. The van der Waals surface area contributed by atoms with Gasteiger partial charge in [0.2, 0.25) is 5.91 Å². The number of nitrogens with one attached hydrogen (secondary N) is 2. The van der Waals surface area contributed by atoms with E-state index in [0.29, 0.717) is 30.2 Å². The molecule has 7 nitrogen and oxygen atoms in total. The van der Waals surface area contributed by atoms with Crippen molar-refractivity contribution in [2.45, 2.75) is 33.6 Å². The van der Waals surface area contributed by atoms with Gasteiger partial charge in [-0.3, -0.25) is 4.79 Å². The van der Waals surface area contributed by atoms with Gasteiger partial charge in [-0.15, -0.1) is 0 Å². The normalized spacial score (nSPS) is 10.8. The maximum Gasteiger partial charge on any atom is 0.322 e. The third-order valence-corrected chi connectivity index (χ3v) is 6.49. The Balaban J connectivity index is 1.58. The standard InChI is InChI=1S/C30H31ClFN5O2/c1-4-5-15-36(30(39)33-23-12-13-25(32)24(31)17-23)19-29(38)34-28-18-26(22-9-7-6-8-10-22)35-37(28)27-14-11-20(2)16-21(27)3/h6-14,16-18H,4-5,15,19H2,1-3H3,(H,33,39)(H,34,38). The van der Waals surface area contributed by atoms with Gasteiger partial charge < -0.3 is 15.5 Å². The molecule has 0 aliphatic rings. The number of unbranched alkanes of at least 4 members (excludes halogenated alkanes) is 1. The van der Waals surface area contributed by atoms with Gasteiger partial charge in [0.05, 0.1) is 16.4 Å². The van der Waals surface area contributed by atoms with Crippen LogP contribution in [0, 0.1) is 19.7 Å². The van der Waals surface area contributed by atoms with Crippen LogP contribution in [-0.2, 0) is 4.79 Å². The summed E-state index contributed by atoms with van der Waals surface area (Å²) in [6.45, 7) is 6.21. The molecule has 4 aromatic rings. The summed E-state index contributed by atoms with van der Waals surface area (Å²) in [5.74, 6) is -0.455. The highest BCUT2D eigenvalue weighted by Gasteiger charge is 2.20. The Hall–Kier alpha value is -4.17. The lowest BCUT2D eigenvalue weighted by atomic mass is 10.1. The van der Waals surface area contributed by atoms with Gasteiger partial charge in [0, 0.05) is 23.9 Å². The number of rotatable bonds is 9. The predicted octanol–water partition coefficient (Wildman–Crippen LogP) is 7.22. The van der Waals surface area contributed by atoms with Crippen LogP contribution in [0.4, 0.5) is 20.7 Å². The van der Waals surface area contributed by atoms with Crippen LogP contribution in [0.2, 0.25) is 5.02 Å².